The Bertz CT molecular complexity index is 3280. The molecule has 2 N–H and O–H groups in total. The summed E-state index contributed by atoms with van der Waals surface area (Å²) in [6.45, 7) is 9.52. The zero-order valence-corrected chi connectivity index (χ0v) is 45.9. The average molecular weight is 1080 g/mol. The molecule has 77 heavy (non-hydrogen) atoms. The smallest absolute Gasteiger partial charge is 0.136 e. The first-order valence-corrected chi connectivity index (χ1v) is 27.7. The molecule has 4 aliphatic rings. The molecule has 4 aromatic heterocycles. The normalized spacial score (nSPS) is 21.1. The summed E-state index contributed by atoms with van der Waals surface area (Å²) >= 11 is 13.3. The third-order valence-electron chi connectivity index (χ3n) is 16.0. The number of methoxy groups -OCH3 is 2. The number of anilines is 2. The molecule has 400 valence electrons. The van der Waals surface area contributed by atoms with Crippen molar-refractivity contribution in [3.63, 3.8) is 0 Å². The van der Waals surface area contributed by atoms with E-state index in [1.54, 1.807) is 20.4 Å². The van der Waals surface area contributed by atoms with E-state index in [2.05, 4.69) is 119 Å². The van der Waals surface area contributed by atoms with Gasteiger partial charge in [0.25, 0.3) is 0 Å². The van der Waals surface area contributed by atoms with Gasteiger partial charge in [-0.2, -0.15) is 0 Å². The van der Waals surface area contributed by atoms with Gasteiger partial charge in [-0.25, -0.2) is 9.97 Å². The number of Topliss-reactive ketones (excluding diaryl/α,β-unsaturated/α-hetero) is 1. The van der Waals surface area contributed by atoms with Crippen molar-refractivity contribution < 1.29 is 14.3 Å². The number of rotatable bonds is 12. The lowest BCUT2D eigenvalue weighted by atomic mass is 9.91. The van der Waals surface area contributed by atoms with E-state index in [0.29, 0.717) is 24.4 Å². The topological polar surface area (TPSA) is 138 Å². The van der Waals surface area contributed by atoms with Crippen molar-refractivity contribution in [2.75, 3.05) is 90.5 Å². The minimum Gasteiger partial charge on any atom is -0.497 e. The van der Waals surface area contributed by atoms with E-state index < -0.39 is 0 Å². The first-order chi connectivity index (χ1) is 37.6. The Kier molecular flexibility index (Phi) is 16.1. The highest BCUT2D eigenvalue weighted by molar-refractivity contribution is 6.31. The molecular weight excluding hydrogens is 1010 g/mol. The van der Waals surface area contributed by atoms with Crippen LogP contribution in [0.2, 0.25) is 10.0 Å². The van der Waals surface area contributed by atoms with E-state index in [9.17, 15) is 4.79 Å². The number of nitrogens with one attached hydrogen (secondary N) is 2. The quantitative estimate of drug-likeness (QED) is 0.120. The van der Waals surface area contributed by atoms with E-state index >= 15 is 0 Å². The number of likely N-dealkylation sites (N-methyl/N-ethyl adjacent to an activating group) is 2. The number of piperazine rings is 2. The van der Waals surface area contributed by atoms with Gasteiger partial charge in [0.15, 0.2) is 0 Å². The fourth-order valence-electron chi connectivity index (χ4n) is 11.7. The molecule has 0 bridgehead atoms. The number of hydrogen-bond donors (Lipinski definition) is 2. The van der Waals surface area contributed by atoms with Crippen LogP contribution in [0.25, 0.3) is 22.1 Å². The van der Waals surface area contributed by atoms with Crippen LogP contribution in [-0.4, -0.2) is 136 Å². The fraction of sp³-hybridized carbons (Fsp3) is 0.383. The summed E-state index contributed by atoms with van der Waals surface area (Å²) < 4.78 is 10.8. The van der Waals surface area contributed by atoms with Gasteiger partial charge in [-0.05, 0) is 117 Å². The standard InChI is InChI=1S/C30H33ClN6O2.C30H35ClN6O/c1-35-13-15-36(16-14-35)25-7-3-6-24-29(25)34-30(33-24)27-18-21(38)17-26(28-23(31)5-4-12-32-28)37(27)19-20-8-10-22(39-2)11-9-20;1-35-16-18-36(19-17-35)25-8-3-7-24-29(25)34-30(33-24)27-10-4-9-26(28-23(31)6-5-15-32-28)37(27)20-21-11-13-22(38-2)14-12-21/h3-12,26-27H,13-19H2,1-2H3,(H,33,34);3,5-8,11-15,26-27H,4,9-10,16-20H2,1-2H3,(H,33,34)/t;26-,27+/m.0/s1. The molecule has 4 saturated heterocycles. The summed E-state index contributed by atoms with van der Waals surface area (Å²) in [5.74, 6) is 3.67. The minimum atomic E-state index is -0.266. The van der Waals surface area contributed by atoms with Crippen molar-refractivity contribution in [3.8, 4) is 11.5 Å². The van der Waals surface area contributed by atoms with Crippen molar-refractivity contribution >= 4 is 62.4 Å². The summed E-state index contributed by atoms with van der Waals surface area (Å²) in [4.78, 5) is 54.8. The molecular formula is C60H68Cl2N12O3. The number of benzene rings is 4. The second-order valence-electron chi connectivity index (χ2n) is 20.9. The number of fused-ring (bicyclic) bond motifs is 2. The number of aromatic amines is 2. The maximum absolute atomic E-state index is 13.2. The van der Waals surface area contributed by atoms with Gasteiger partial charge in [-0.1, -0.05) is 59.6 Å². The first kappa shape index (κ1) is 52.5. The number of para-hydroxylation sites is 2. The number of ether oxygens (including phenoxy) is 2. The van der Waals surface area contributed by atoms with E-state index in [1.165, 1.54) is 11.3 Å². The van der Waals surface area contributed by atoms with Gasteiger partial charge in [0.1, 0.15) is 40.0 Å². The highest BCUT2D eigenvalue weighted by Gasteiger charge is 2.40. The summed E-state index contributed by atoms with van der Waals surface area (Å²) in [7, 11) is 7.72. The number of H-pyrrole nitrogens is 2. The van der Waals surface area contributed by atoms with Crippen molar-refractivity contribution in [1.29, 1.82) is 0 Å². The Morgan fingerprint density at radius 3 is 1.45 bits per heavy atom. The van der Waals surface area contributed by atoms with Crippen LogP contribution in [0.4, 0.5) is 11.4 Å². The van der Waals surface area contributed by atoms with Crippen LogP contribution in [-0.2, 0) is 17.9 Å². The van der Waals surface area contributed by atoms with E-state index in [1.807, 2.05) is 54.7 Å². The maximum Gasteiger partial charge on any atom is 0.136 e. The number of hydrogen-bond acceptors (Lipinski definition) is 13. The number of halogens is 2. The first-order valence-electron chi connectivity index (χ1n) is 26.9. The lowest BCUT2D eigenvalue weighted by molar-refractivity contribution is -0.126. The monoisotopic (exact) mass is 1070 g/mol. The highest BCUT2D eigenvalue weighted by Crippen LogP contribution is 2.45. The number of aromatic nitrogens is 6. The van der Waals surface area contributed by atoms with E-state index in [-0.39, 0.29) is 30.0 Å². The molecule has 12 rings (SSSR count). The molecule has 4 aliphatic heterocycles. The van der Waals surface area contributed by atoms with Crippen LogP contribution in [0.3, 0.4) is 0 Å². The number of carbonyl (C=O) groups excluding carboxylic acids is 1. The highest BCUT2D eigenvalue weighted by atomic mass is 35.5. The molecule has 0 radical (unpaired) electrons. The number of ketones is 1. The summed E-state index contributed by atoms with van der Waals surface area (Å²) in [5.41, 5.74) is 10.5. The van der Waals surface area contributed by atoms with Crippen LogP contribution in [0.1, 0.15) is 90.4 Å². The van der Waals surface area contributed by atoms with Gasteiger partial charge in [-0.3, -0.25) is 24.6 Å². The van der Waals surface area contributed by atoms with Gasteiger partial charge in [0.2, 0.25) is 0 Å². The molecule has 0 saturated carbocycles. The van der Waals surface area contributed by atoms with Gasteiger partial charge in [-0.15, -0.1) is 0 Å². The fourth-order valence-corrected chi connectivity index (χ4v) is 12.2. The largest absolute Gasteiger partial charge is 0.497 e. The molecule has 4 atom stereocenters. The number of piperidine rings is 2. The van der Waals surface area contributed by atoms with Crippen molar-refractivity contribution in [1.82, 2.24) is 49.5 Å². The lowest BCUT2D eigenvalue weighted by Crippen LogP contribution is -2.44. The minimum absolute atomic E-state index is 0.106. The Morgan fingerprint density at radius 1 is 0.532 bits per heavy atom. The average Bonchev–Trinajstić information content (AvgIpc) is 4.18. The van der Waals surface area contributed by atoms with E-state index in [4.69, 9.17) is 47.6 Å². The molecule has 17 heteroatoms. The summed E-state index contributed by atoms with van der Waals surface area (Å²) in [6.07, 6.45) is 7.45. The van der Waals surface area contributed by atoms with Crippen molar-refractivity contribution in [3.05, 3.63) is 166 Å². The predicted molar refractivity (Wildman–Crippen MR) is 306 cm³/mol. The van der Waals surface area contributed by atoms with Gasteiger partial charge in [0, 0.05) is 90.7 Å². The molecule has 4 fully saturated rings. The Hall–Kier alpha value is -6.59. The third kappa shape index (κ3) is 11.5. The van der Waals surface area contributed by atoms with Crippen molar-refractivity contribution in [2.45, 2.75) is 69.4 Å². The number of likely N-dealkylation sites (tertiary alicyclic amines) is 2. The van der Waals surface area contributed by atoms with Crippen LogP contribution in [0, 0.1) is 0 Å². The van der Waals surface area contributed by atoms with Gasteiger partial charge < -0.3 is 39.0 Å². The Labute approximate surface area is 461 Å². The number of nitrogens with zero attached hydrogens (tertiary/aromatic N) is 10. The van der Waals surface area contributed by atoms with Crippen LogP contribution < -0.4 is 19.3 Å². The molecule has 0 amide bonds. The van der Waals surface area contributed by atoms with E-state index in [0.717, 1.165) is 151 Å². The lowest BCUT2D eigenvalue weighted by Gasteiger charge is -2.41. The molecule has 15 nitrogen and oxygen atoms in total. The summed E-state index contributed by atoms with van der Waals surface area (Å²) in [6, 6.07) is 36.4. The third-order valence-corrected chi connectivity index (χ3v) is 16.6. The second-order valence-corrected chi connectivity index (χ2v) is 21.7. The number of pyridine rings is 2. The maximum atomic E-state index is 13.2. The van der Waals surface area contributed by atoms with Crippen LogP contribution in [0.15, 0.2) is 122 Å². The number of carbonyl (C=O) groups is 1. The Morgan fingerprint density at radius 2 is 0.974 bits per heavy atom. The molecule has 0 spiro atoms. The SMILES string of the molecule is COc1ccc(CN2C(c3nc4c(N5CCN(C)CC5)cccc4[nH]3)CC(=O)CC2c2ncccc2Cl)cc1.COc1ccc(CN2[C@@H](c3nc4c(N5CCN(C)CC5)cccc4[nH]3)CCC[C@H]2c2ncccc2Cl)cc1. The zero-order chi connectivity index (χ0) is 53.0. The zero-order valence-electron chi connectivity index (χ0n) is 44.4. The molecule has 0 aliphatic carbocycles. The van der Waals surface area contributed by atoms with Crippen molar-refractivity contribution in [2.24, 2.45) is 0 Å². The second kappa shape index (κ2) is 23.6. The molecule has 2 unspecified atom stereocenters. The summed E-state index contributed by atoms with van der Waals surface area (Å²) in [5, 5.41) is 1.29. The van der Waals surface area contributed by atoms with Gasteiger partial charge in [0.05, 0.1) is 82.2 Å². The molecule has 8 aromatic rings. The molecule has 8 heterocycles. The predicted octanol–water partition coefficient (Wildman–Crippen LogP) is 10.9. The van der Waals surface area contributed by atoms with Gasteiger partial charge >= 0.3 is 0 Å². The van der Waals surface area contributed by atoms with Crippen LogP contribution >= 0.6 is 23.2 Å². The molecule has 4 aromatic carbocycles. The Balaban J connectivity index is 0.000000164. The number of imidazole rings is 2. The van der Waals surface area contributed by atoms with Crippen LogP contribution in [0.5, 0.6) is 11.5 Å².